The molecule has 2 rings (SSSR count). The van der Waals surface area contributed by atoms with Crippen LogP contribution in [-0.4, -0.2) is 32.3 Å². The van der Waals surface area contributed by atoms with Gasteiger partial charge in [0.1, 0.15) is 5.75 Å². The van der Waals surface area contributed by atoms with Crippen LogP contribution in [-0.2, 0) is 6.54 Å². The molecule has 0 amide bonds. The molecule has 1 saturated carbocycles. The van der Waals surface area contributed by atoms with Crippen molar-refractivity contribution in [3.05, 3.63) is 29.8 Å². The van der Waals surface area contributed by atoms with Crippen LogP contribution in [0, 0.1) is 5.92 Å². The van der Waals surface area contributed by atoms with Gasteiger partial charge in [0.25, 0.3) is 0 Å². The molecule has 0 saturated heterocycles. The number of nitrogens with zero attached hydrogens (tertiary/aromatic N) is 1. The van der Waals surface area contributed by atoms with Gasteiger partial charge in [0, 0.05) is 25.7 Å². The van der Waals surface area contributed by atoms with Gasteiger partial charge < -0.3 is 15.4 Å². The molecule has 1 aromatic rings. The summed E-state index contributed by atoms with van der Waals surface area (Å²) in [6, 6.07) is 7.64. The lowest BCUT2D eigenvalue weighted by Crippen LogP contribution is -2.38. The lowest BCUT2D eigenvalue weighted by Gasteiger charge is -2.15. The molecule has 0 aliphatic heterocycles. The van der Waals surface area contributed by atoms with E-state index in [9.17, 15) is 13.2 Å². The van der Waals surface area contributed by atoms with Crippen LogP contribution in [0.15, 0.2) is 29.3 Å². The fourth-order valence-corrected chi connectivity index (χ4v) is 2.01. The van der Waals surface area contributed by atoms with Crippen molar-refractivity contribution < 1.29 is 17.9 Å². The lowest BCUT2D eigenvalue weighted by molar-refractivity contribution is -0.132. The van der Waals surface area contributed by atoms with E-state index in [0.29, 0.717) is 18.4 Å². The van der Waals surface area contributed by atoms with Crippen LogP contribution in [0.25, 0.3) is 0 Å². The number of ether oxygens (including phenoxy) is 1. The van der Waals surface area contributed by atoms with Crippen molar-refractivity contribution in [2.24, 2.45) is 10.9 Å². The van der Waals surface area contributed by atoms with Gasteiger partial charge in [-0.3, -0.25) is 4.99 Å². The second kappa shape index (κ2) is 9.95. The van der Waals surface area contributed by atoms with E-state index in [-0.39, 0.29) is 30.5 Å². The smallest absolute Gasteiger partial charge is 0.390 e. The van der Waals surface area contributed by atoms with Crippen LogP contribution in [0.1, 0.15) is 24.8 Å². The van der Waals surface area contributed by atoms with E-state index in [1.54, 1.807) is 0 Å². The van der Waals surface area contributed by atoms with E-state index in [1.165, 1.54) is 19.9 Å². The SMILES string of the molecule is CN=C(NCCC(F)(F)F)NCc1ccccc1OCC1CC1.I. The van der Waals surface area contributed by atoms with Gasteiger partial charge in [0.2, 0.25) is 0 Å². The van der Waals surface area contributed by atoms with Gasteiger partial charge >= 0.3 is 6.18 Å². The number of hydrogen-bond acceptors (Lipinski definition) is 2. The summed E-state index contributed by atoms with van der Waals surface area (Å²) in [6.45, 7) is 0.950. The zero-order chi connectivity index (χ0) is 16.7. The third kappa shape index (κ3) is 8.07. The van der Waals surface area contributed by atoms with Crippen LogP contribution < -0.4 is 15.4 Å². The average molecular weight is 457 g/mol. The van der Waals surface area contributed by atoms with Gasteiger partial charge in [-0.05, 0) is 24.8 Å². The van der Waals surface area contributed by atoms with E-state index >= 15 is 0 Å². The molecule has 24 heavy (non-hydrogen) atoms. The highest BCUT2D eigenvalue weighted by Gasteiger charge is 2.26. The summed E-state index contributed by atoms with van der Waals surface area (Å²) in [5.41, 5.74) is 0.951. The normalized spacial score (nSPS) is 14.8. The first-order chi connectivity index (χ1) is 11.0. The highest BCUT2D eigenvalue weighted by molar-refractivity contribution is 14.0. The van der Waals surface area contributed by atoms with Crippen LogP contribution in [0.5, 0.6) is 5.75 Å². The number of rotatable bonds is 7. The molecule has 0 heterocycles. The molecule has 1 fully saturated rings. The van der Waals surface area contributed by atoms with Gasteiger partial charge in [-0.2, -0.15) is 13.2 Å². The molecule has 2 N–H and O–H groups in total. The number of nitrogens with one attached hydrogen (secondary N) is 2. The summed E-state index contributed by atoms with van der Waals surface area (Å²) in [6.07, 6.45) is -2.63. The van der Waals surface area contributed by atoms with E-state index in [0.717, 1.165) is 17.9 Å². The van der Waals surface area contributed by atoms with Crippen molar-refractivity contribution in [2.75, 3.05) is 20.2 Å². The first kappa shape index (κ1) is 20.9. The lowest BCUT2D eigenvalue weighted by atomic mass is 10.2. The molecular weight excluding hydrogens is 434 g/mol. The zero-order valence-electron chi connectivity index (χ0n) is 13.5. The minimum Gasteiger partial charge on any atom is -0.493 e. The first-order valence-electron chi connectivity index (χ1n) is 7.70. The minimum atomic E-state index is -4.17. The second-order valence-electron chi connectivity index (χ2n) is 5.58. The summed E-state index contributed by atoms with van der Waals surface area (Å²) < 4.78 is 42.3. The monoisotopic (exact) mass is 457 g/mol. The van der Waals surface area contributed by atoms with Crippen molar-refractivity contribution in [3.63, 3.8) is 0 Å². The largest absolute Gasteiger partial charge is 0.493 e. The maximum atomic E-state index is 12.2. The Morgan fingerprint density at radius 3 is 2.58 bits per heavy atom. The van der Waals surface area contributed by atoms with Crippen LogP contribution in [0.3, 0.4) is 0 Å². The van der Waals surface area contributed by atoms with Crippen molar-refractivity contribution in [2.45, 2.75) is 32.0 Å². The number of guanidine groups is 1. The molecule has 0 atom stereocenters. The summed E-state index contributed by atoms with van der Waals surface area (Å²) in [7, 11) is 1.53. The van der Waals surface area contributed by atoms with Crippen molar-refractivity contribution in [1.29, 1.82) is 0 Å². The predicted molar refractivity (Wildman–Crippen MR) is 98.9 cm³/mol. The highest BCUT2D eigenvalue weighted by Crippen LogP contribution is 2.30. The maximum absolute atomic E-state index is 12.2. The molecule has 0 spiro atoms. The molecule has 0 unspecified atom stereocenters. The third-order valence-electron chi connectivity index (χ3n) is 3.51. The number of aliphatic imine (C=N–C) groups is 1. The van der Waals surface area contributed by atoms with Crippen molar-refractivity contribution >= 4 is 29.9 Å². The van der Waals surface area contributed by atoms with Gasteiger partial charge in [-0.25, -0.2) is 0 Å². The maximum Gasteiger partial charge on any atom is 0.390 e. The summed E-state index contributed by atoms with van der Waals surface area (Å²) in [5, 5.41) is 5.66. The third-order valence-corrected chi connectivity index (χ3v) is 3.51. The van der Waals surface area contributed by atoms with Gasteiger partial charge in [-0.15, -0.1) is 24.0 Å². The highest BCUT2D eigenvalue weighted by atomic mass is 127. The van der Waals surface area contributed by atoms with E-state index in [4.69, 9.17) is 4.74 Å². The Balaban J connectivity index is 0.00000288. The Labute approximate surface area is 157 Å². The summed E-state index contributed by atoms with van der Waals surface area (Å²) in [5.74, 6) is 1.80. The quantitative estimate of drug-likeness (QED) is 0.373. The number of para-hydroxylation sites is 1. The molecule has 4 nitrogen and oxygen atoms in total. The predicted octanol–water partition coefficient (Wildman–Crippen LogP) is 3.71. The summed E-state index contributed by atoms with van der Waals surface area (Å²) >= 11 is 0. The number of benzene rings is 1. The Hall–Kier alpha value is -1.19. The minimum absolute atomic E-state index is 0. The van der Waals surface area contributed by atoms with Crippen LogP contribution in [0.2, 0.25) is 0 Å². The molecular formula is C16H23F3IN3O. The van der Waals surface area contributed by atoms with Gasteiger partial charge in [0.15, 0.2) is 5.96 Å². The van der Waals surface area contributed by atoms with Gasteiger partial charge in [0.05, 0.1) is 13.0 Å². The van der Waals surface area contributed by atoms with Crippen molar-refractivity contribution in [3.8, 4) is 5.75 Å². The molecule has 0 radical (unpaired) electrons. The average Bonchev–Trinajstić information content (AvgIpc) is 3.32. The Morgan fingerprint density at radius 2 is 1.96 bits per heavy atom. The van der Waals surface area contributed by atoms with E-state index in [2.05, 4.69) is 15.6 Å². The zero-order valence-corrected chi connectivity index (χ0v) is 15.9. The standard InChI is InChI=1S/C16H22F3N3O.HI/c1-20-15(21-9-8-16(17,18)19)22-10-13-4-2-3-5-14(13)23-11-12-6-7-12;/h2-5,12H,6-11H2,1H3,(H2,20,21,22);1H. The van der Waals surface area contributed by atoms with Gasteiger partial charge in [-0.1, -0.05) is 18.2 Å². The number of hydrogen-bond donors (Lipinski definition) is 2. The van der Waals surface area contributed by atoms with E-state index in [1.807, 2.05) is 24.3 Å². The molecule has 0 bridgehead atoms. The number of halogens is 4. The molecule has 8 heteroatoms. The van der Waals surface area contributed by atoms with E-state index < -0.39 is 12.6 Å². The Kier molecular flexibility index (Phi) is 8.65. The topological polar surface area (TPSA) is 45.7 Å². The second-order valence-corrected chi connectivity index (χ2v) is 5.58. The Bertz CT molecular complexity index is 534. The fourth-order valence-electron chi connectivity index (χ4n) is 2.01. The molecule has 1 aromatic carbocycles. The molecule has 136 valence electrons. The molecule has 0 aromatic heterocycles. The number of alkyl halides is 3. The molecule has 1 aliphatic carbocycles. The Morgan fingerprint density at radius 1 is 1.25 bits per heavy atom. The molecule has 1 aliphatic rings. The fraction of sp³-hybridized carbons (Fsp3) is 0.562. The van der Waals surface area contributed by atoms with Crippen molar-refractivity contribution in [1.82, 2.24) is 10.6 Å². The van der Waals surface area contributed by atoms with Crippen LogP contribution >= 0.6 is 24.0 Å². The van der Waals surface area contributed by atoms with Crippen LogP contribution in [0.4, 0.5) is 13.2 Å². The first-order valence-corrected chi connectivity index (χ1v) is 7.70. The summed E-state index contributed by atoms with van der Waals surface area (Å²) in [4.78, 5) is 3.92.